The fraction of sp³-hybridized carbons (Fsp3) is 1.00. The third-order valence-electron chi connectivity index (χ3n) is 5.06. The van der Waals surface area contributed by atoms with E-state index in [-0.39, 0.29) is 0 Å². The highest BCUT2D eigenvalue weighted by atomic mass is 15.2. The van der Waals surface area contributed by atoms with Crippen LogP contribution in [0.3, 0.4) is 0 Å². The third-order valence-corrected chi connectivity index (χ3v) is 5.06. The fourth-order valence-electron chi connectivity index (χ4n) is 3.55. The molecule has 0 atom stereocenters. The molecule has 1 aliphatic heterocycles. The molecule has 1 saturated heterocycles. The second-order valence-electron chi connectivity index (χ2n) is 6.66. The van der Waals surface area contributed by atoms with E-state index in [1.54, 1.807) is 0 Å². The Hall–Kier alpha value is -0.120. The highest BCUT2D eigenvalue weighted by Crippen LogP contribution is 2.17. The summed E-state index contributed by atoms with van der Waals surface area (Å²) in [7, 11) is 4.55. The van der Waals surface area contributed by atoms with Crippen LogP contribution in [0.15, 0.2) is 0 Å². The molecule has 0 radical (unpaired) electrons. The quantitative estimate of drug-likeness (QED) is 0.771. The Kier molecular flexibility index (Phi) is 6.62. The lowest BCUT2D eigenvalue weighted by Crippen LogP contribution is -2.44. The minimum atomic E-state index is 0.799. The Balaban J connectivity index is 1.59. The first-order chi connectivity index (χ1) is 9.25. The fourth-order valence-corrected chi connectivity index (χ4v) is 3.55. The Morgan fingerprint density at radius 3 is 2.26 bits per heavy atom. The lowest BCUT2D eigenvalue weighted by Gasteiger charge is -2.35. The van der Waals surface area contributed by atoms with E-state index in [2.05, 4.69) is 29.2 Å². The zero-order valence-electron chi connectivity index (χ0n) is 13.0. The summed E-state index contributed by atoms with van der Waals surface area (Å²) < 4.78 is 0. The van der Waals surface area contributed by atoms with Crippen LogP contribution < -0.4 is 5.32 Å². The number of hydrogen-bond acceptors (Lipinski definition) is 3. The number of piperidine rings is 1. The van der Waals surface area contributed by atoms with Gasteiger partial charge in [0.2, 0.25) is 0 Å². The summed E-state index contributed by atoms with van der Waals surface area (Å²) in [5.41, 5.74) is 0. The first-order valence-electron chi connectivity index (χ1n) is 8.38. The number of likely N-dealkylation sites (N-methyl/N-ethyl adjacent to an activating group) is 1. The van der Waals surface area contributed by atoms with Crippen molar-refractivity contribution in [3.05, 3.63) is 0 Å². The predicted molar refractivity (Wildman–Crippen MR) is 82.6 cm³/mol. The van der Waals surface area contributed by atoms with Gasteiger partial charge >= 0.3 is 0 Å². The Bertz CT molecular complexity index is 228. The third kappa shape index (κ3) is 5.41. The van der Waals surface area contributed by atoms with E-state index in [9.17, 15) is 0 Å². The molecule has 2 rings (SSSR count). The van der Waals surface area contributed by atoms with Crippen LogP contribution in [0.5, 0.6) is 0 Å². The zero-order valence-corrected chi connectivity index (χ0v) is 13.0. The predicted octanol–water partition coefficient (Wildman–Crippen LogP) is 2.32. The van der Waals surface area contributed by atoms with Crippen molar-refractivity contribution in [2.75, 3.05) is 40.3 Å². The van der Waals surface area contributed by atoms with Gasteiger partial charge in [-0.15, -0.1) is 0 Å². The maximum absolute atomic E-state index is 3.79. The largest absolute Gasteiger partial charge is 0.313 e. The number of hydrogen-bond donors (Lipinski definition) is 1. The number of likely N-dealkylation sites (tertiary alicyclic amines) is 1. The summed E-state index contributed by atoms with van der Waals surface area (Å²) in [5.74, 6) is 0. The van der Waals surface area contributed by atoms with Crippen molar-refractivity contribution in [3.8, 4) is 0 Å². The molecule has 0 bridgehead atoms. The van der Waals surface area contributed by atoms with E-state index in [0.717, 1.165) is 12.1 Å². The molecule has 0 aromatic carbocycles. The van der Waals surface area contributed by atoms with E-state index < -0.39 is 0 Å². The SMILES string of the molecule is CN1CCC(N(C)CCNC2CCCCCC2)CC1. The Labute approximate surface area is 119 Å². The van der Waals surface area contributed by atoms with Crippen molar-refractivity contribution in [2.45, 2.75) is 63.5 Å². The summed E-state index contributed by atoms with van der Waals surface area (Å²) in [6.07, 6.45) is 11.3. The van der Waals surface area contributed by atoms with Gasteiger partial charge in [0.15, 0.2) is 0 Å². The van der Waals surface area contributed by atoms with E-state index in [1.807, 2.05) is 0 Å². The van der Waals surface area contributed by atoms with E-state index in [1.165, 1.54) is 77.5 Å². The van der Waals surface area contributed by atoms with Crippen molar-refractivity contribution in [1.82, 2.24) is 15.1 Å². The summed E-state index contributed by atoms with van der Waals surface area (Å²) in [5, 5.41) is 3.79. The van der Waals surface area contributed by atoms with Gasteiger partial charge in [0.1, 0.15) is 0 Å². The monoisotopic (exact) mass is 267 g/mol. The second kappa shape index (κ2) is 8.23. The van der Waals surface area contributed by atoms with Crippen LogP contribution in [0.25, 0.3) is 0 Å². The average molecular weight is 267 g/mol. The second-order valence-corrected chi connectivity index (χ2v) is 6.66. The van der Waals surface area contributed by atoms with E-state index in [4.69, 9.17) is 0 Å². The molecule has 1 saturated carbocycles. The van der Waals surface area contributed by atoms with Crippen LogP contribution in [-0.4, -0.2) is 62.2 Å². The molecule has 0 aromatic heterocycles. The van der Waals surface area contributed by atoms with Crippen molar-refractivity contribution in [2.24, 2.45) is 0 Å². The van der Waals surface area contributed by atoms with Crippen LogP contribution in [0.4, 0.5) is 0 Å². The highest BCUT2D eigenvalue weighted by Gasteiger charge is 2.20. The smallest absolute Gasteiger partial charge is 0.0117 e. The number of nitrogens with one attached hydrogen (secondary N) is 1. The van der Waals surface area contributed by atoms with Gasteiger partial charge in [0, 0.05) is 25.2 Å². The van der Waals surface area contributed by atoms with Crippen LogP contribution in [0.1, 0.15) is 51.4 Å². The van der Waals surface area contributed by atoms with Gasteiger partial charge in [-0.25, -0.2) is 0 Å². The van der Waals surface area contributed by atoms with Crippen LogP contribution in [-0.2, 0) is 0 Å². The van der Waals surface area contributed by atoms with Crippen LogP contribution >= 0.6 is 0 Å². The molecule has 1 heterocycles. The molecular weight excluding hydrogens is 234 g/mol. The summed E-state index contributed by atoms with van der Waals surface area (Å²) in [4.78, 5) is 5.03. The molecule has 0 aromatic rings. The van der Waals surface area contributed by atoms with E-state index in [0.29, 0.717) is 0 Å². The molecule has 112 valence electrons. The lowest BCUT2D eigenvalue weighted by molar-refractivity contribution is 0.144. The molecular formula is C16H33N3. The first kappa shape index (κ1) is 15.3. The molecule has 19 heavy (non-hydrogen) atoms. The summed E-state index contributed by atoms with van der Waals surface area (Å²) in [6.45, 7) is 4.93. The highest BCUT2D eigenvalue weighted by molar-refractivity contribution is 4.78. The minimum Gasteiger partial charge on any atom is -0.313 e. The molecule has 2 aliphatic rings. The summed E-state index contributed by atoms with van der Waals surface area (Å²) in [6, 6.07) is 1.61. The normalized spacial score (nSPS) is 24.8. The minimum absolute atomic E-state index is 0.799. The molecule has 0 spiro atoms. The van der Waals surface area contributed by atoms with Gasteiger partial charge in [-0.1, -0.05) is 25.7 Å². The van der Waals surface area contributed by atoms with Crippen molar-refractivity contribution in [3.63, 3.8) is 0 Å². The van der Waals surface area contributed by atoms with Crippen LogP contribution in [0.2, 0.25) is 0 Å². The molecule has 3 nitrogen and oxygen atoms in total. The molecule has 1 aliphatic carbocycles. The number of nitrogens with zero attached hydrogens (tertiary/aromatic N) is 2. The van der Waals surface area contributed by atoms with Gasteiger partial charge in [0.25, 0.3) is 0 Å². The Morgan fingerprint density at radius 1 is 1.00 bits per heavy atom. The lowest BCUT2D eigenvalue weighted by atomic mass is 10.0. The van der Waals surface area contributed by atoms with Gasteiger partial charge in [-0.2, -0.15) is 0 Å². The van der Waals surface area contributed by atoms with Gasteiger partial charge in [-0.05, 0) is 52.9 Å². The van der Waals surface area contributed by atoms with Gasteiger partial charge in [-0.3, -0.25) is 0 Å². The number of rotatable bonds is 5. The molecule has 0 amide bonds. The summed E-state index contributed by atoms with van der Waals surface area (Å²) >= 11 is 0. The molecule has 3 heteroatoms. The average Bonchev–Trinajstić information content (AvgIpc) is 2.68. The van der Waals surface area contributed by atoms with E-state index >= 15 is 0 Å². The maximum atomic E-state index is 3.79. The van der Waals surface area contributed by atoms with Crippen molar-refractivity contribution < 1.29 is 0 Å². The first-order valence-corrected chi connectivity index (χ1v) is 8.38. The van der Waals surface area contributed by atoms with Crippen molar-refractivity contribution >= 4 is 0 Å². The molecule has 1 N–H and O–H groups in total. The molecule has 2 fully saturated rings. The zero-order chi connectivity index (χ0) is 13.5. The van der Waals surface area contributed by atoms with Gasteiger partial charge < -0.3 is 15.1 Å². The molecule has 0 unspecified atom stereocenters. The van der Waals surface area contributed by atoms with Crippen molar-refractivity contribution in [1.29, 1.82) is 0 Å². The standard InChI is InChI=1S/C16H33N3/c1-18-12-9-16(10-13-18)19(2)14-11-17-15-7-5-3-4-6-8-15/h15-17H,3-14H2,1-2H3. The Morgan fingerprint density at radius 2 is 1.63 bits per heavy atom. The topological polar surface area (TPSA) is 18.5 Å². The van der Waals surface area contributed by atoms with Gasteiger partial charge in [0.05, 0.1) is 0 Å². The maximum Gasteiger partial charge on any atom is 0.0117 e. The van der Waals surface area contributed by atoms with Crippen LogP contribution in [0, 0.1) is 0 Å².